The first-order valence-corrected chi connectivity index (χ1v) is 10.8. The van der Waals surface area contributed by atoms with Crippen molar-refractivity contribution < 1.29 is 13.2 Å². The lowest BCUT2D eigenvalue weighted by Crippen LogP contribution is -1.93. The molecule has 162 valence electrons. The van der Waals surface area contributed by atoms with Crippen molar-refractivity contribution in [3.8, 4) is 33.4 Å². The summed E-state index contributed by atoms with van der Waals surface area (Å²) in [5, 5.41) is 0. The van der Waals surface area contributed by atoms with Gasteiger partial charge >= 0.3 is 0 Å². The van der Waals surface area contributed by atoms with Crippen LogP contribution in [0.2, 0.25) is 0 Å². The van der Waals surface area contributed by atoms with Gasteiger partial charge in [-0.1, -0.05) is 74.5 Å². The van der Waals surface area contributed by atoms with Crippen LogP contribution in [0.15, 0.2) is 78.9 Å². The highest BCUT2D eigenvalue weighted by atomic mass is 19.1. The van der Waals surface area contributed by atoms with E-state index in [0.717, 1.165) is 35.2 Å². The van der Waals surface area contributed by atoms with Crippen molar-refractivity contribution >= 4 is 0 Å². The van der Waals surface area contributed by atoms with Crippen LogP contribution in [0, 0.1) is 24.4 Å². The molecule has 32 heavy (non-hydrogen) atoms. The Morgan fingerprint density at radius 1 is 0.594 bits per heavy atom. The van der Waals surface area contributed by atoms with Crippen molar-refractivity contribution in [2.45, 2.75) is 33.1 Å². The highest BCUT2D eigenvalue weighted by Crippen LogP contribution is 2.31. The molecule has 4 rings (SSSR count). The second-order valence-electron chi connectivity index (χ2n) is 8.27. The van der Waals surface area contributed by atoms with Crippen LogP contribution in [0.5, 0.6) is 0 Å². The zero-order valence-corrected chi connectivity index (χ0v) is 18.4. The van der Waals surface area contributed by atoms with Crippen LogP contribution in [-0.4, -0.2) is 0 Å². The lowest BCUT2D eigenvalue weighted by atomic mass is 9.94. The van der Waals surface area contributed by atoms with E-state index in [9.17, 15) is 13.2 Å². The molecular formula is C29H25F3. The van der Waals surface area contributed by atoms with E-state index in [0.29, 0.717) is 11.5 Å². The van der Waals surface area contributed by atoms with Crippen molar-refractivity contribution in [3.63, 3.8) is 0 Å². The molecule has 4 aromatic rings. The van der Waals surface area contributed by atoms with Gasteiger partial charge in [-0.3, -0.25) is 0 Å². The summed E-state index contributed by atoms with van der Waals surface area (Å²) < 4.78 is 42.6. The standard InChI is InChI=1S/C29H25F3/c1-4-18(2)20-5-7-21(8-6-20)22-9-11-23(12-10-22)24-13-14-26(29(32)15-24)25-16-27(30)19(3)28(31)17-25/h5-18H,4H2,1-3H3. The Kier molecular flexibility index (Phi) is 6.18. The van der Waals surface area contributed by atoms with Crippen LogP contribution in [0.4, 0.5) is 13.2 Å². The summed E-state index contributed by atoms with van der Waals surface area (Å²) in [7, 11) is 0. The molecule has 4 aromatic carbocycles. The third kappa shape index (κ3) is 4.34. The molecule has 0 saturated carbocycles. The summed E-state index contributed by atoms with van der Waals surface area (Å²) in [4.78, 5) is 0. The van der Waals surface area contributed by atoms with Gasteiger partial charge < -0.3 is 0 Å². The average Bonchev–Trinajstić information content (AvgIpc) is 2.82. The van der Waals surface area contributed by atoms with E-state index in [1.165, 1.54) is 18.6 Å². The number of hydrogen-bond donors (Lipinski definition) is 0. The SMILES string of the molecule is CCC(C)c1ccc(-c2ccc(-c3ccc(-c4cc(F)c(C)c(F)c4)c(F)c3)cc2)cc1. The van der Waals surface area contributed by atoms with Crippen molar-refractivity contribution in [1.29, 1.82) is 0 Å². The number of halogens is 3. The highest BCUT2D eigenvalue weighted by Gasteiger charge is 2.13. The summed E-state index contributed by atoms with van der Waals surface area (Å²) in [6, 6.07) is 23.6. The van der Waals surface area contributed by atoms with Gasteiger partial charge in [-0.2, -0.15) is 0 Å². The van der Waals surface area contributed by atoms with Gasteiger partial charge in [-0.05, 0) is 70.8 Å². The molecule has 0 aliphatic heterocycles. The van der Waals surface area contributed by atoms with E-state index in [4.69, 9.17) is 0 Å². The highest BCUT2D eigenvalue weighted by molar-refractivity contribution is 5.74. The molecule has 0 bridgehead atoms. The minimum atomic E-state index is -0.684. The van der Waals surface area contributed by atoms with Crippen LogP contribution < -0.4 is 0 Å². The maximum absolute atomic E-state index is 14.8. The Bertz CT molecular complexity index is 1220. The molecule has 0 fully saturated rings. The molecule has 0 nitrogen and oxygen atoms in total. The minimum absolute atomic E-state index is 0.0691. The molecule has 0 N–H and O–H groups in total. The van der Waals surface area contributed by atoms with E-state index in [1.807, 2.05) is 24.3 Å². The normalized spacial score (nSPS) is 12.1. The van der Waals surface area contributed by atoms with Crippen molar-refractivity contribution in [1.82, 2.24) is 0 Å². The van der Waals surface area contributed by atoms with Crippen molar-refractivity contribution in [2.24, 2.45) is 0 Å². The van der Waals surface area contributed by atoms with Crippen LogP contribution in [0.3, 0.4) is 0 Å². The number of rotatable bonds is 5. The third-order valence-corrected chi connectivity index (χ3v) is 6.20. The summed E-state index contributed by atoms with van der Waals surface area (Å²) in [6.07, 6.45) is 1.11. The van der Waals surface area contributed by atoms with Crippen LogP contribution >= 0.6 is 0 Å². The largest absolute Gasteiger partial charge is 0.207 e. The van der Waals surface area contributed by atoms with Crippen LogP contribution in [0.1, 0.15) is 37.3 Å². The fraction of sp³-hybridized carbons (Fsp3) is 0.172. The average molecular weight is 431 g/mol. The Labute approximate surface area is 187 Å². The predicted molar refractivity (Wildman–Crippen MR) is 126 cm³/mol. The molecule has 3 heteroatoms. The fourth-order valence-electron chi connectivity index (χ4n) is 3.82. The first-order valence-electron chi connectivity index (χ1n) is 10.8. The van der Waals surface area contributed by atoms with Gasteiger partial charge in [0.2, 0.25) is 0 Å². The molecule has 0 spiro atoms. The van der Waals surface area contributed by atoms with E-state index >= 15 is 0 Å². The smallest absolute Gasteiger partial charge is 0.131 e. The molecule has 0 aromatic heterocycles. The zero-order valence-electron chi connectivity index (χ0n) is 18.4. The molecule has 0 radical (unpaired) electrons. The van der Waals surface area contributed by atoms with Gasteiger partial charge in [-0.15, -0.1) is 0 Å². The summed E-state index contributed by atoms with van der Waals surface area (Å²) >= 11 is 0. The monoisotopic (exact) mass is 430 g/mol. The quantitative estimate of drug-likeness (QED) is 0.296. The lowest BCUT2D eigenvalue weighted by Gasteiger charge is -2.11. The van der Waals surface area contributed by atoms with Gasteiger partial charge in [0.05, 0.1) is 0 Å². The van der Waals surface area contributed by atoms with E-state index in [1.54, 1.807) is 12.1 Å². The topological polar surface area (TPSA) is 0 Å². The zero-order chi connectivity index (χ0) is 22.8. The summed E-state index contributed by atoms with van der Waals surface area (Å²) in [5.41, 5.74) is 5.42. The van der Waals surface area contributed by atoms with Crippen molar-refractivity contribution in [2.75, 3.05) is 0 Å². The van der Waals surface area contributed by atoms with Crippen LogP contribution in [-0.2, 0) is 0 Å². The first-order chi connectivity index (χ1) is 15.4. The summed E-state index contributed by atoms with van der Waals surface area (Å²) in [5.74, 6) is -1.35. The van der Waals surface area contributed by atoms with Gasteiger partial charge in [0.15, 0.2) is 0 Å². The van der Waals surface area contributed by atoms with E-state index in [2.05, 4.69) is 38.1 Å². The third-order valence-electron chi connectivity index (χ3n) is 6.20. The fourth-order valence-corrected chi connectivity index (χ4v) is 3.82. The molecule has 0 amide bonds. The van der Waals surface area contributed by atoms with Gasteiger partial charge in [0, 0.05) is 11.1 Å². The Morgan fingerprint density at radius 2 is 1.03 bits per heavy atom. The molecule has 1 atom stereocenters. The lowest BCUT2D eigenvalue weighted by molar-refractivity contribution is 0.568. The second kappa shape index (κ2) is 9.04. The first kappa shape index (κ1) is 21.9. The van der Waals surface area contributed by atoms with Gasteiger partial charge in [0.25, 0.3) is 0 Å². The maximum Gasteiger partial charge on any atom is 0.131 e. The molecule has 0 saturated heterocycles. The van der Waals surface area contributed by atoms with Gasteiger partial charge in [0.1, 0.15) is 17.5 Å². The molecule has 0 aliphatic rings. The molecular weight excluding hydrogens is 405 g/mol. The Hall–Kier alpha value is -3.33. The molecule has 0 aliphatic carbocycles. The molecule has 1 unspecified atom stereocenters. The number of hydrogen-bond acceptors (Lipinski definition) is 0. The van der Waals surface area contributed by atoms with E-state index in [-0.39, 0.29) is 16.7 Å². The predicted octanol–water partition coefficient (Wildman–Crippen LogP) is 8.93. The maximum atomic E-state index is 14.8. The van der Waals surface area contributed by atoms with Crippen LogP contribution in [0.25, 0.3) is 33.4 Å². The Morgan fingerprint density at radius 3 is 1.53 bits per heavy atom. The minimum Gasteiger partial charge on any atom is -0.207 e. The number of benzene rings is 4. The van der Waals surface area contributed by atoms with E-state index < -0.39 is 17.5 Å². The summed E-state index contributed by atoms with van der Waals surface area (Å²) in [6.45, 7) is 5.77. The molecule has 0 heterocycles. The second-order valence-corrected chi connectivity index (χ2v) is 8.27. The van der Waals surface area contributed by atoms with Gasteiger partial charge in [-0.25, -0.2) is 13.2 Å². The Balaban J connectivity index is 1.59. The van der Waals surface area contributed by atoms with Crippen molar-refractivity contribution in [3.05, 3.63) is 107 Å².